The first kappa shape index (κ1) is 18.2. The van der Waals surface area contributed by atoms with E-state index in [4.69, 9.17) is 4.74 Å². The average Bonchev–Trinajstić information content (AvgIpc) is 2.80. The van der Waals surface area contributed by atoms with Crippen molar-refractivity contribution in [1.29, 1.82) is 0 Å². The summed E-state index contributed by atoms with van der Waals surface area (Å²) in [6.45, 7) is 7.35. The molecule has 8 heteroatoms. The highest BCUT2D eigenvalue weighted by molar-refractivity contribution is 6.01. The van der Waals surface area contributed by atoms with Crippen LogP contribution in [0.3, 0.4) is 0 Å². The summed E-state index contributed by atoms with van der Waals surface area (Å²) in [6.07, 6.45) is 0.889. The number of carbonyl (C=O) groups excluding carboxylic acids is 2. The number of urea groups is 1. The quantitative estimate of drug-likeness (QED) is 0.236. The fourth-order valence-electron chi connectivity index (χ4n) is 1.89. The molecular weight excluding hydrogens is 286 g/mol. The molecule has 0 aromatic heterocycles. The minimum atomic E-state index is -0.336. The van der Waals surface area contributed by atoms with E-state index in [2.05, 4.69) is 34.8 Å². The zero-order chi connectivity index (χ0) is 16.4. The number of nitrogens with one attached hydrogen (secondary N) is 3. The number of hydrogen-bond donors (Lipinski definition) is 3. The fraction of sp³-hybridized carbons (Fsp3) is 0.786. The third-order valence-electron chi connectivity index (χ3n) is 3.00. The molecule has 1 aliphatic heterocycles. The Morgan fingerprint density at radius 2 is 2.09 bits per heavy atom. The second-order valence-electron chi connectivity index (χ2n) is 5.45. The predicted molar refractivity (Wildman–Crippen MR) is 84.8 cm³/mol. The number of aliphatic imine (C=N–C) groups is 1. The summed E-state index contributed by atoms with van der Waals surface area (Å²) in [5.41, 5.74) is 0. The first-order chi connectivity index (χ1) is 10.5. The minimum Gasteiger partial charge on any atom is -0.381 e. The van der Waals surface area contributed by atoms with Crippen molar-refractivity contribution in [3.63, 3.8) is 0 Å². The minimum absolute atomic E-state index is 0.0855. The number of ether oxygens (including phenoxy) is 1. The van der Waals surface area contributed by atoms with E-state index in [1.165, 1.54) is 4.90 Å². The number of amides is 3. The summed E-state index contributed by atoms with van der Waals surface area (Å²) in [4.78, 5) is 28.0. The largest absolute Gasteiger partial charge is 0.381 e. The summed E-state index contributed by atoms with van der Waals surface area (Å²) < 4.78 is 5.49. The van der Waals surface area contributed by atoms with Crippen molar-refractivity contribution in [3.05, 3.63) is 0 Å². The van der Waals surface area contributed by atoms with E-state index in [-0.39, 0.29) is 18.5 Å². The molecule has 0 radical (unpaired) electrons. The van der Waals surface area contributed by atoms with E-state index < -0.39 is 0 Å². The highest BCUT2D eigenvalue weighted by Crippen LogP contribution is 1.97. The molecular formula is C14H27N5O3. The maximum Gasteiger partial charge on any atom is 0.324 e. The Morgan fingerprint density at radius 1 is 1.36 bits per heavy atom. The smallest absolute Gasteiger partial charge is 0.324 e. The summed E-state index contributed by atoms with van der Waals surface area (Å²) >= 11 is 0. The molecule has 0 aliphatic carbocycles. The molecule has 0 saturated carbocycles. The van der Waals surface area contributed by atoms with Gasteiger partial charge in [0.25, 0.3) is 0 Å². The first-order valence-corrected chi connectivity index (χ1v) is 7.65. The van der Waals surface area contributed by atoms with Crippen LogP contribution in [0.2, 0.25) is 0 Å². The molecule has 0 spiro atoms. The van der Waals surface area contributed by atoms with Crippen molar-refractivity contribution in [2.75, 3.05) is 46.4 Å². The maximum atomic E-state index is 11.4. The van der Waals surface area contributed by atoms with Crippen molar-refractivity contribution in [2.24, 2.45) is 10.9 Å². The molecule has 126 valence electrons. The van der Waals surface area contributed by atoms with E-state index >= 15 is 0 Å². The van der Waals surface area contributed by atoms with Crippen molar-refractivity contribution in [2.45, 2.75) is 20.3 Å². The molecule has 1 fully saturated rings. The number of rotatable bonds is 9. The Hall–Kier alpha value is -1.83. The van der Waals surface area contributed by atoms with Gasteiger partial charge < -0.3 is 20.7 Å². The second-order valence-corrected chi connectivity index (χ2v) is 5.45. The van der Waals surface area contributed by atoms with E-state index in [1.807, 2.05) is 0 Å². The monoisotopic (exact) mass is 313 g/mol. The van der Waals surface area contributed by atoms with E-state index in [9.17, 15) is 9.59 Å². The van der Waals surface area contributed by atoms with Gasteiger partial charge in [-0.05, 0) is 12.3 Å². The molecule has 0 aromatic rings. The molecule has 0 aromatic carbocycles. The molecule has 1 rings (SSSR count). The van der Waals surface area contributed by atoms with Gasteiger partial charge in [0.2, 0.25) is 5.91 Å². The molecule has 22 heavy (non-hydrogen) atoms. The molecule has 8 nitrogen and oxygen atoms in total. The van der Waals surface area contributed by atoms with Crippen LogP contribution in [0.4, 0.5) is 4.79 Å². The highest BCUT2D eigenvalue weighted by atomic mass is 16.5. The molecule has 0 atom stereocenters. The summed E-state index contributed by atoms with van der Waals surface area (Å²) in [5, 5.41) is 8.71. The van der Waals surface area contributed by atoms with Gasteiger partial charge in [-0.2, -0.15) is 0 Å². The Balaban J connectivity index is 2.10. The van der Waals surface area contributed by atoms with Crippen molar-refractivity contribution in [3.8, 4) is 0 Å². The lowest BCUT2D eigenvalue weighted by Crippen LogP contribution is -2.43. The van der Waals surface area contributed by atoms with E-state index in [0.717, 1.165) is 19.6 Å². The van der Waals surface area contributed by atoms with Crippen molar-refractivity contribution < 1.29 is 14.3 Å². The van der Waals surface area contributed by atoms with Gasteiger partial charge in [-0.15, -0.1) is 0 Å². The zero-order valence-electron chi connectivity index (χ0n) is 13.6. The highest BCUT2D eigenvalue weighted by Gasteiger charge is 2.27. The zero-order valence-corrected chi connectivity index (χ0v) is 13.6. The van der Waals surface area contributed by atoms with Crippen LogP contribution in [0.5, 0.6) is 0 Å². The lowest BCUT2D eigenvalue weighted by molar-refractivity contribution is -0.124. The van der Waals surface area contributed by atoms with Crippen LogP contribution in [0.15, 0.2) is 4.99 Å². The van der Waals surface area contributed by atoms with Crippen LogP contribution in [-0.4, -0.2) is 69.2 Å². The Kier molecular flexibility index (Phi) is 8.27. The lowest BCUT2D eigenvalue weighted by Gasteiger charge is -2.15. The van der Waals surface area contributed by atoms with Gasteiger partial charge in [0.1, 0.15) is 0 Å². The lowest BCUT2D eigenvalue weighted by atomic mass is 10.2. The number of guanidine groups is 1. The molecule has 1 heterocycles. The van der Waals surface area contributed by atoms with E-state index in [0.29, 0.717) is 31.6 Å². The van der Waals surface area contributed by atoms with Gasteiger partial charge in [0.15, 0.2) is 5.96 Å². The van der Waals surface area contributed by atoms with Crippen LogP contribution >= 0.6 is 0 Å². The summed E-state index contributed by atoms with van der Waals surface area (Å²) in [7, 11) is 1.68. The molecule has 0 bridgehead atoms. The molecule has 3 N–H and O–H groups in total. The number of carbonyl (C=O) groups is 2. The van der Waals surface area contributed by atoms with Crippen LogP contribution in [-0.2, 0) is 9.53 Å². The van der Waals surface area contributed by atoms with Crippen LogP contribution in [0.25, 0.3) is 0 Å². The Morgan fingerprint density at radius 3 is 2.68 bits per heavy atom. The molecule has 0 unspecified atom stereocenters. The summed E-state index contributed by atoms with van der Waals surface area (Å²) in [5.74, 6) is 1.00. The normalized spacial score (nSPS) is 15.5. The SMILES string of the molecule is CN=C(NCCCOCC(C)C)NCCN1C(=O)CNC1=O. The second kappa shape index (κ2) is 9.99. The number of hydrogen-bond acceptors (Lipinski definition) is 4. The predicted octanol–water partition coefficient (Wildman–Crippen LogP) is -0.234. The Labute approximate surface area is 131 Å². The first-order valence-electron chi connectivity index (χ1n) is 7.65. The van der Waals surface area contributed by atoms with Crippen LogP contribution in [0, 0.1) is 5.92 Å². The topological polar surface area (TPSA) is 95.1 Å². The molecule has 3 amide bonds. The number of nitrogens with zero attached hydrogens (tertiary/aromatic N) is 2. The third kappa shape index (κ3) is 6.75. The number of imide groups is 1. The van der Waals surface area contributed by atoms with Gasteiger partial charge in [0, 0.05) is 39.9 Å². The van der Waals surface area contributed by atoms with Gasteiger partial charge in [0.05, 0.1) is 6.54 Å². The van der Waals surface area contributed by atoms with Gasteiger partial charge in [-0.25, -0.2) is 4.79 Å². The van der Waals surface area contributed by atoms with Crippen molar-refractivity contribution in [1.82, 2.24) is 20.9 Å². The maximum absolute atomic E-state index is 11.4. The summed E-state index contributed by atoms with van der Waals surface area (Å²) in [6, 6.07) is -0.336. The van der Waals surface area contributed by atoms with E-state index in [1.54, 1.807) is 7.05 Å². The van der Waals surface area contributed by atoms with Crippen LogP contribution < -0.4 is 16.0 Å². The average molecular weight is 313 g/mol. The van der Waals surface area contributed by atoms with Crippen molar-refractivity contribution >= 4 is 17.9 Å². The molecule has 1 aliphatic rings. The van der Waals surface area contributed by atoms with Gasteiger partial charge in [-0.1, -0.05) is 13.8 Å². The Bertz CT molecular complexity index is 382. The fourth-order valence-corrected chi connectivity index (χ4v) is 1.89. The van der Waals surface area contributed by atoms with Gasteiger partial charge >= 0.3 is 6.03 Å². The third-order valence-corrected chi connectivity index (χ3v) is 3.00. The standard InChI is InChI=1S/C14H27N5O3/c1-11(2)10-22-8-4-5-16-13(15-3)17-6-7-19-12(20)9-18-14(19)21/h11H,4-10H2,1-3H3,(H,18,21)(H2,15,16,17). The van der Waals surface area contributed by atoms with Crippen LogP contribution in [0.1, 0.15) is 20.3 Å². The van der Waals surface area contributed by atoms with Gasteiger partial charge in [-0.3, -0.25) is 14.7 Å². The molecule has 1 saturated heterocycles.